The molecule has 2 aromatic carbocycles. The van der Waals surface area contributed by atoms with Crippen molar-refractivity contribution >= 4 is 10.0 Å². The number of hydrogen-bond donors (Lipinski definition) is 1. The van der Waals surface area contributed by atoms with Gasteiger partial charge in [0.1, 0.15) is 0 Å². The minimum atomic E-state index is -3.49. The Bertz CT molecular complexity index is 772. The van der Waals surface area contributed by atoms with E-state index in [2.05, 4.69) is 9.62 Å². The zero-order valence-electron chi connectivity index (χ0n) is 14.2. The van der Waals surface area contributed by atoms with Crippen molar-refractivity contribution in [2.75, 3.05) is 32.8 Å². The highest BCUT2D eigenvalue weighted by molar-refractivity contribution is 7.89. The standard InChI is InChI=1S/C19H24N2O3S/c22-25(23,20-10-9-17-5-2-1-3-6-17)19-8-4-7-18(15-19)16-21-11-13-24-14-12-21/h1-8,15,20H,9-14,16H2. The van der Waals surface area contributed by atoms with Gasteiger partial charge in [0.15, 0.2) is 0 Å². The summed E-state index contributed by atoms with van der Waals surface area (Å²) in [6, 6.07) is 17.0. The molecule has 134 valence electrons. The van der Waals surface area contributed by atoms with Gasteiger partial charge in [-0.05, 0) is 29.7 Å². The van der Waals surface area contributed by atoms with Gasteiger partial charge in [0.25, 0.3) is 0 Å². The Hall–Kier alpha value is -1.73. The van der Waals surface area contributed by atoms with Crippen LogP contribution in [-0.2, 0) is 27.7 Å². The van der Waals surface area contributed by atoms with Gasteiger partial charge < -0.3 is 4.74 Å². The summed E-state index contributed by atoms with van der Waals surface area (Å²) in [4.78, 5) is 2.60. The fourth-order valence-corrected chi connectivity index (χ4v) is 3.99. The summed E-state index contributed by atoms with van der Waals surface area (Å²) in [6.07, 6.45) is 0.674. The van der Waals surface area contributed by atoms with Crippen LogP contribution < -0.4 is 4.72 Å². The molecule has 0 atom stereocenters. The molecule has 25 heavy (non-hydrogen) atoms. The third-order valence-electron chi connectivity index (χ3n) is 4.27. The van der Waals surface area contributed by atoms with Crippen molar-refractivity contribution in [3.63, 3.8) is 0 Å². The van der Waals surface area contributed by atoms with Gasteiger partial charge in [0.05, 0.1) is 18.1 Å². The van der Waals surface area contributed by atoms with E-state index >= 15 is 0 Å². The van der Waals surface area contributed by atoms with Gasteiger partial charge in [-0.25, -0.2) is 13.1 Å². The molecule has 0 amide bonds. The highest BCUT2D eigenvalue weighted by atomic mass is 32.2. The first-order chi connectivity index (χ1) is 12.1. The van der Waals surface area contributed by atoms with Gasteiger partial charge in [0.2, 0.25) is 10.0 Å². The highest BCUT2D eigenvalue weighted by Crippen LogP contribution is 2.14. The number of nitrogens with zero attached hydrogens (tertiary/aromatic N) is 1. The fraction of sp³-hybridized carbons (Fsp3) is 0.368. The molecule has 1 N–H and O–H groups in total. The molecule has 1 heterocycles. The van der Waals surface area contributed by atoms with E-state index in [9.17, 15) is 8.42 Å². The molecule has 1 saturated heterocycles. The maximum absolute atomic E-state index is 12.5. The molecule has 1 aliphatic heterocycles. The summed E-state index contributed by atoms with van der Waals surface area (Å²) in [5.74, 6) is 0. The monoisotopic (exact) mass is 360 g/mol. The summed E-state index contributed by atoms with van der Waals surface area (Å²) in [6.45, 7) is 4.37. The lowest BCUT2D eigenvalue weighted by Crippen LogP contribution is -2.35. The number of hydrogen-bond acceptors (Lipinski definition) is 4. The Kier molecular flexibility index (Phi) is 6.20. The smallest absolute Gasteiger partial charge is 0.240 e. The van der Waals surface area contributed by atoms with Crippen molar-refractivity contribution in [2.45, 2.75) is 17.9 Å². The van der Waals surface area contributed by atoms with Crippen LogP contribution >= 0.6 is 0 Å². The molecular weight excluding hydrogens is 336 g/mol. The minimum absolute atomic E-state index is 0.325. The number of benzene rings is 2. The molecular formula is C19H24N2O3S. The summed E-state index contributed by atoms with van der Waals surface area (Å²) in [5.41, 5.74) is 2.12. The van der Waals surface area contributed by atoms with E-state index in [4.69, 9.17) is 4.74 Å². The number of sulfonamides is 1. The maximum atomic E-state index is 12.5. The normalized spacial score (nSPS) is 16.0. The van der Waals surface area contributed by atoms with Crippen LogP contribution in [0.2, 0.25) is 0 Å². The number of morpholine rings is 1. The van der Waals surface area contributed by atoms with E-state index in [0.29, 0.717) is 17.9 Å². The van der Waals surface area contributed by atoms with E-state index in [-0.39, 0.29) is 0 Å². The topological polar surface area (TPSA) is 58.6 Å². The first-order valence-electron chi connectivity index (χ1n) is 8.56. The van der Waals surface area contributed by atoms with Crippen LogP contribution in [-0.4, -0.2) is 46.2 Å². The minimum Gasteiger partial charge on any atom is -0.379 e. The highest BCUT2D eigenvalue weighted by Gasteiger charge is 2.15. The Morgan fingerprint density at radius 3 is 2.44 bits per heavy atom. The Labute approximate surface area is 149 Å². The van der Waals surface area contributed by atoms with Gasteiger partial charge in [-0.3, -0.25) is 4.90 Å². The van der Waals surface area contributed by atoms with Gasteiger partial charge >= 0.3 is 0 Å². The molecule has 5 nitrogen and oxygen atoms in total. The predicted molar refractivity (Wildman–Crippen MR) is 97.9 cm³/mol. The van der Waals surface area contributed by atoms with Crippen LogP contribution in [0.5, 0.6) is 0 Å². The fourth-order valence-electron chi connectivity index (χ4n) is 2.89. The molecule has 3 rings (SSSR count). The molecule has 0 aliphatic carbocycles. The number of nitrogens with one attached hydrogen (secondary N) is 1. The summed E-state index contributed by atoms with van der Waals surface area (Å²) in [7, 11) is -3.49. The van der Waals surface area contributed by atoms with Gasteiger partial charge in [-0.1, -0.05) is 42.5 Å². The molecule has 1 fully saturated rings. The van der Waals surface area contributed by atoms with E-state index < -0.39 is 10.0 Å². The van der Waals surface area contributed by atoms with Gasteiger partial charge in [0, 0.05) is 26.2 Å². The molecule has 0 spiro atoms. The molecule has 2 aromatic rings. The van der Waals surface area contributed by atoms with Gasteiger partial charge in [-0.15, -0.1) is 0 Å². The molecule has 0 unspecified atom stereocenters. The molecule has 0 aromatic heterocycles. The van der Waals surface area contributed by atoms with Crippen LogP contribution in [0.1, 0.15) is 11.1 Å². The van der Waals surface area contributed by atoms with E-state index in [1.165, 1.54) is 0 Å². The molecule has 0 radical (unpaired) electrons. The summed E-state index contributed by atoms with van der Waals surface area (Å²) in [5, 5.41) is 0. The first kappa shape index (κ1) is 18.1. The largest absolute Gasteiger partial charge is 0.379 e. The molecule has 1 aliphatic rings. The quantitative estimate of drug-likeness (QED) is 0.821. The Morgan fingerprint density at radius 2 is 1.68 bits per heavy atom. The van der Waals surface area contributed by atoms with E-state index in [1.807, 2.05) is 42.5 Å². The van der Waals surface area contributed by atoms with Crippen LogP contribution in [0, 0.1) is 0 Å². The van der Waals surface area contributed by atoms with Crippen molar-refractivity contribution in [3.05, 3.63) is 65.7 Å². The number of ether oxygens (including phenoxy) is 1. The third-order valence-corrected chi connectivity index (χ3v) is 5.73. The zero-order chi connectivity index (χ0) is 17.5. The maximum Gasteiger partial charge on any atom is 0.240 e. The summed E-state index contributed by atoms with van der Waals surface area (Å²) < 4.78 is 33.1. The number of rotatable bonds is 7. The van der Waals surface area contributed by atoms with E-state index in [1.54, 1.807) is 12.1 Å². The van der Waals surface area contributed by atoms with Crippen molar-refractivity contribution < 1.29 is 13.2 Å². The van der Waals surface area contributed by atoms with Crippen molar-refractivity contribution in [2.24, 2.45) is 0 Å². The van der Waals surface area contributed by atoms with Crippen LogP contribution in [0.15, 0.2) is 59.5 Å². The van der Waals surface area contributed by atoms with E-state index in [0.717, 1.165) is 44.0 Å². The van der Waals surface area contributed by atoms with Crippen molar-refractivity contribution in [1.82, 2.24) is 9.62 Å². The lowest BCUT2D eigenvalue weighted by Gasteiger charge is -2.26. The third kappa shape index (κ3) is 5.37. The average molecular weight is 360 g/mol. The molecule has 0 bridgehead atoms. The second-order valence-electron chi connectivity index (χ2n) is 6.17. The van der Waals surface area contributed by atoms with Crippen LogP contribution in [0.25, 0.3) is 0 Å². The van der Waals surface area contributed by atoms with Crippen LogP contribution in [0.4, 0.5) is 0 Å². The Morgan fingerprint density at radius 1 is 0.960 bits per heavy atom. The van der Waals surface area contributed by atoms with Crippen molar-refractivity contribution in [1.29, 1.82) is 0 Å². The first-order valence-corrected chi connectivity index (χ1v) is 10.0. The second-order valence-corrected chi connectivity index (χ2v) is 7.94. The lowest BCUT2D eigenvalue weighted by atomic mass is 10.2. The lowest BCUT2D eigenvalue weighted by molar-refractivity contribution is 0.0341. The predicted octanol–water partition coefficient (Wildman–Crippen LogP) is 2.04. The Balaban J connectivity index is 1.60. The SMILES string of the molecule is O=S(=O)(NCCc1ccccc1)c1cccc(CN2CCOCC2)c1. The van der Waals surface area contributed by atoms with Crippen LogP contribution in [0.3, 0.4) is 0 Å². The zero-order valence-corrected chi connectivity index (χ0v) is 15.0. The van der Waals surface area contributed by atoms with Gasteiger partial charge in [-0.2, -0.15) is 0 Å². The molecule has 6 heteroatoms. The summed E-state index contributed by atoms with van der Waals surface area (Å²) >= 11 is 0. The second kappa shape index (κ2) is 8.58. The average Bonchev–Trinajstić information content (AvgIpc) is 2.64. The molecule has 0 saturated carbocycles. The van der Waals surface area contributed by atoms with Crippen molar-refractivity contribution in [3.8, 4) is 0 Å².